The fourth-order valence-electron chi connectivity index (χ4n) is 3.07. The Balaban J connectivity index is 1.79. The summed E-state index contributed by atoms with van der Waals surface area (Å²) in [5.74, 6) is 0.127. The molecule has 1 amide bonds. The van der Waals surface area contributed by atoms with Gasteiger partial charge in [-0.1, -0.05) is 12.1 Å². The molecule has 2 heterocycles. The van der Waals surface area contributed by atoms with E-state index in [1.807, 2.05) is 33.7 Å². The Morgan fingerprint density at radius 1 is 1.33 bits per heavy atom. The molecule has 0 unspecified atom stereocenters. The molecule has 6 heteroatoms. The first-order chi connectivity index (χ1) is 10.2. The number of likely N-dealkylation sites (tertiary alicyclic amines) is 1. The van der Waals surface area contributed by atoms with Gasteiger partial charge in [-0.25, -0.2) is 4.79 Å². The van der Waals surface area contributed by atoms with Gasteiger partial charge in [0, 0.05) is 19.1 Å². The maximum Gasteiger partial charge on any atom is 0.326 e. The van der Waals surface area contributed by atoms with Gasteiger partial charge in [0.15, 0.2) is 0 Å². The number of nitrogens with one attached hydrogen (secondary N) is 2. The van der Waals surface area contributed by atoms with Gasteiger partial charge in [-0.2, -0.15) is 0 Å². The lowest BCUT2D eigenvalue weighted by molar-refractivity contribution is -0.131. The number of imidazole rings is 1. The molecule has 0 aliphatic carbocycles. The average Bonchev–Trinajstić information content (AvgIpc) is 2.83. The highest BCUT2D eigenvalue weighted by molar-refractivity contribution is 5.78. The van der Waals surface area contributed by atoms with E-state index in [1.165, 1.54) is 0 Å². The van der Waals surface area contributed by atoms with E-state index >= 15 is 0 Å². The van der Waals surface area contributed by atoms with Crippen molar-refractivity contribution in [3.63, 3.8) is 0 Å². The van der Waals surface area contributed by atoms with Crippen LogP contribution in [-0.2, 0) is 4.79 Å². The molecule has 0 spiro atoms. The average molecular weight is 288 g/mol. The minimum absolute atomic E-state index is 0.0591. The normalized spacial score (nSPS) is 16.5. The van der Waals surface area contributed by atoms with Gasteiger partial charge in [0.1, 0.15) is 0 Å². The number of rotatable bonds is 3. The summed E-state index contributed by atoms with van der Waals surface area (Å²) >= 11 is 0. The fraction of sp³-hybridized carbons (Fsp3) is 0.467. The van der Waals surface area contributed by atoms with Gasteiger partial charge in [0.05, 0.1) is 17.6 Å². The maximum atomic E-state index is 12.2. The SMILES string of the molecule is CNCC(=O)N1CCC(n2c(=O)[nH]c3ccccc32)CC1. The molecule has 6 nitrogen and oxygen atoms in total. The van der Waals surface area contributed by atoms with Gasteiger partial charge in [-0.05, 0) is 32.0 Å². The molecule has 2 aromatic rings. The third kappa shape index (κ3) is 2.58. The van der Waals surface area contributed by atoms with Gasteiger partial charge in [-0.15, -0.1) is 0 Å². The molecule has 1 saturated heterocycles. The van der Waals surface area contributed by atoms with Crippen LogP contribution in [0.1, 0.15) is 18.9 Å². The molecular formula is C15H20N4O2. The molecule has 112 valence electrons. The van der Waals surface area contributed by atoms with Crippen LogP contribution in [0.4, 0.5) is 0 Å². The number of aromatic nitrogens is 2. The van der Waals surface area contributed by atoms with Crippen LogP contribution in [-0.4, -0.2) is 47.0 Å². The minimum atomic E-state index is -0.0591. The maximum absolute atomic E-state index is 12.2. The van der Waals surface area contributed by atoms with Gasteiger partial charge in [0.25, 0.3) is 0 Å². The highest BCUT2D eigenvalue weighted by Gasteiger charge is 2.25. The summed E-state index contributed by atoms with van der Waals surface area (Å²) in [4.78, 5) is 28.8. The van der Waals surface area contributed by atoms with Crippen molar-refractivity contribution in [3.05, 3.63) is 34.7 Å². The van der Waals surface area contributed by atoms with Crippen molar-refractivity contribution in [2.75, 3.05) is 26.7 Å². The highest BCUT2D eigenvalue weighted by atomic mass is 16.2. The Labute approximate surface area is 122 Å². The number of fused-ring (bicyclic) bond motifs is 1. The van der Waals surface area contributed by atoms with E-state index in [1.54, 1.807) is 7.05 Å². The number of benzene rings is 1. The molecule has 0 radical (unpaired) electrons. The van der Waals surface area contributed by atoms with E-state index in [0.29, 0.717) is 19.6 Å². The smallest absolute Gasteiger partial charge is 0.326 e. The third-order valence-corrected chi connectivity index (χ3v) is 4.13. The van der Waals surface area contributed by atoms with E-state index in [9.17, 15) is 9.59 Å². The topological polar surface area (TPSA) is 70.1 Å². The second-order valence-electron chi connectivity index (χ2n) is 5.46. The van der Waals surface area contributed by atoms with Crippen molar-refractivity contribution >= 4 is 16.9 Å². The first-order valence-corrected chi connectivity index (χ1v) is 7.32. The number of para-hydroxylation sites is 2. The van der Waals surface area contributed by atoms with E-state index in [0.717, 1.165) is 23.9 Å². The third-order valence-electron chi connectivity index (χ3n) is 4.13. The van der Waals surface area contributed by atoms with Gasteiger partial charge >= 0.3 is 5.69 Å². The largest absolute Gasteiger partial charge is 0.341 e. The molecule has 0 saturated carbocycles. The second-order valence-corrected chi connectivity index (χ2v) is 5.46. The van der Waals surface area contributed by atoms with Crippen molar-refractivity contribution in [2.24, 2.45) is 0 Å². The van der Waals surface area contributed by atoms with Crippen LogP contribution in [0.25, 0.3) is 11.0 Å². The fourth-order valence-corrected chi connectivity index (χ4v) is 3.07. The summed E-state index contributed by atoms with van der Waals surface area (Å²) in [5, 5.41) is 2.89. The monoisotopic (exact) mass is 288 g/mol. The van der Waals surface area contributed by atoms with E-state index < -0.39 is 0 Å². The lowest BCUT2D eigenvalue weighted by Gasteiger charge is -2.32. The summed E-state index contributed by atoms with van der Waals surface area (Å²) in [6.45, 7) is 1.78. The van der Waals surface area contributed by atoms with Crippen molar-refractivity contribution in [3.8, 4) is 0 Å². The molecule has 1 fully saturated rings. The predicted octanol–water partition coefficient (Wildman–Crippen LogP) is 0.712. The quantitative estimate of drug-likeness (QED) is 0.874. The molecule has 1 aliphatic heterocycles. The number of carbonyl (C=O) groups excluding carboxylic acids is 1. The van der Waals surface area contributed by atoms with Gasteiger partial charge < -0.3 is 15.2 Å². The Bertz CT molecular complexity index is 695. The number of piperidine rings is 1. The number of aromatic amines is 1. The summed E-state index contributed by atoms with van der Waals surface area (Å²) in [6, 6.07) is 7.90. The van der Waals surface area contributed by atoms with E-state index in [4.69, 9.17) is 0 Å². The molecule has 1 aliphatic rings. The molecule has 2 N–H and O–H groups in total. The van der Waals surface area contributed by atoms with Crippen molar-refractivity contribution in [1.29, 1.82) is 0 Å². The number of hydrogen-bond acceptors (Lipinski definition) is 3. The molecular weight excluding hydrogens is 268 g/mol. The van der Waals surface area contributed by atoms with Crippen LogP contribution in [0.5, 0.6) is 0 Å². The van der Waals surface area contributed by atoms with Crippen molar-refractivity contribution < 1.29 is 4.79 Å². The molecule has 0 bridgehead atoms. The first kappa shape index (κ1) is 13.9. The summed E-state index contributed by atoms with van der Waals surface area (Å²) < 4.78 is 1.84. The number of carbonyl (C=O) groups is 1. The van der Waals surface area contributed by atoms with Crippen molar-refractivity contribution in [2.45, 2.75) is 18.9 Å². The summed E-state index contributed by atoms with van der Waals surface area (Å²) in [5.41, 5.74) is 1.76. The Morgan fingerprint density at radius 2 is 2.05 bits per heavy atom. The Kier molecular flexibility index (Phi) is 3.79. The zero-order valence-corrected chi connectivity index (χ0v) is 12.1. The first-order valence-electron chi connectivity index (χ1n) is 7.32. The zero-order valence-electron chi connectivity index (χ0n) is 12.1. The second kappa shape index (κ2) is 5.73. The molecule has 0 atom stereocenters. The van der Waals surface area contributed by atoms with Crippen molar-refractivity contribution in [1.82, 2.24) is 19.8 Å². The van der Waals surface area contributed by atoms with E-state index in [2.05, 4.69) is 10.3 Å². The molecule has 3 rings (SSSR count). The number of hydrogen-bond donors (Lipinski definition) is 2. The van der Waals surface area contributed by atoms with Gasteiger partial charge in [0.2, 0.25) is 5.91 Å². The van der Waals surface area contributed by atoms with E-state index in [-0.39, 0.29) is 17.6 Å². The van der Waals surface area contributed by atoms with Crippen LogP contribution >= 0.6 is 0 Å². The Hall–Kier alpha value is -2.08. The van der Waals surface area contributed by atoms with Crippen LogP contribution < -0.4 is 11.0 Å². The number of H-pyrrole nitrogens is 1. The number of nitrogens with zero attached hydrogens (tertiary/aromatic N) is 2. The molecule has 21 heavy (non-hydrogen) atoms. The standard InChI is InChI=1S/C15H20N4O2/c1-16-10-14(20)18-8-6-11(7-9-18)19-13-5-3-2-4-12(13)17-15(19)21/h2-5,11,16H,6-10H2,1H3,(H,17,21). The van der Waals surface area contributed by atoms with Crippen LogP contribution in [0, 0.1) is 0 Å². The van der Waals surface area contributed by atoms with Gasteiger partial charge in [-0.3, -0.25) is 9.36 Å². The van der Waals surface area contributed by atoms with Crippen LogP contribution in [0.3, 0.4) is 0 Å². The molecule has 1 aromatic carbocycles. The van der Waals surface area contributed by atoms with Crippen LogP contribution in [0.2, 0.25) is 0 Å². The number of amides is 1. The lowest BCUT2D eigenvalue weighted by atomic mass is 10.0. The Morgan fingerprint density at radius 3 is 2.76 bits per heavy atom. The molecule has 1 aromatic heterocycles. The lowest BCUT2D eigenvalue weighted by Crippen LogP contribution is -2.43. The predicted molar refractivity (Wildman–Crippen MR) is 81.3 cm³/mol. The van der Waals surface area contributed by atoms with Crippen LogP contribution in [0.15, 0.2) is 29.1 Å². The minimum Gasteiger partial charge on any atom is -0.341 e. The summed E-state index contributed by atoms with van der Waals surface area (Å²) in [7, 11) is 1.77. The zero-order chi connectivity index (χ0) is 14.8. The summed E-state index contributed by atoms with van der Waals surface area (Å²) in [6.07, 6.45) is 1.63. The number of likely N-dealkylation sites (N-methyl/N-ethyl adjacent to an activating group) is 1. The highest BCUT2D eigenvalue weighted by Crippen LogP contribution is 2.24.